The van der Waals surface area contributed by atoms with Gasteiger partial charge in [0.2, 0.25) is 5.88 Å². The molecule has 1 aromatic heterocycles. The first-order chi connectivity index (χ1) is 9.29. The lowest BCUT2D eigenvalue weighted by molar-refractivity contribution is 0.397. The van der Waals surface area contributed by atoms with Crippen LogP contribution in [0, 0.1) is 0 Å². The van der Waals surface area contributed by atoms with Crippen molar-refractivity contribution in [1.82, 2.24) is 10.3 Å². The van der Waals surface area contributed by atoms with Gasteiger partial charge in [0.05, 0.1) is 7.11 Å². The van der Waals surface area contributed by atoms with Crippen LogP contribution in [-0.2, 0) is 6.54 Å². The first-order valence-electron chi connectivity index (χ1n) is 6.22. The van der Waals surface area contributed by atoms with E-state index in [4.69, 9.17) is 4.74 Å². The molecule has 0 aliphatic rings. The molecule has 1 aromatic carbocycles. The van der Waals surface area contributed by atoms with Crippen molar-refractivity contribution < 1.29 is 4.74 Å². The number of ether oxygens (including phenoxy) is 1. The maximum Gasteiger partial charge on any atom is 0.212 e. The molecule has 19 heavy (non-hydrogen) atoms. The zero-order chi connectivity index (χ0) is 13.5. The number of methoxy groups -OCH3 is 1. The van der Waals surface area contributed by atoms with Crippen molar-refractivity contribution >= 4 is 5.57 Å². The minimum atomic E-state index is 0.637. The number of pyridine rings is 1. The second-order valence-corrected chi connectivity index (χ2v) is 4.28. The quantitative estimate of drug-likeness (QED) is 0.860. The summed E-state index contributed by atoms with van der Waals surface area (Å²) < 4.78 is 5.02. The van der Waals surface area contributed by atoms with Gasteiger partial charge < -0.3 is 10.1 Å². The standard InChI is InChI=1S/C16H18N2O/c1-13(15-6-4-3-5-7-15)10-17-11-14-8-9-16(19-2)18-12-14/h3-9,12,17H,1,10-11H2,2H3. The van der Waals surface area contributed by atoms with Gasteiger partial charge in [-0.3, -0.25) is 0 Å². The van der Waals surface area contributed by atoms with Crippen LogP contribution in [-0.4, -0.2) is 18.6 Å². The summed E-state index contributed by atoms with van der Waals surface area (Å²) in [5, 5.41) is 3.36. The Hall–Kier alpha value is -2.13. The molecule has 0 aliphatic heterocycles. The van der Waals surface area contributed by atoms with Gasteiger partial charge >= 0.3 is 0 Å². The lowest BCUT2D eigenvalue weighted by Crippen LogP contribution is -2.15. The number of hydrogen-bond donors (Lipinski definition) is 1. The fourth-order valence-corrected chi connectivity index (χ4v) is 1.77. The van der Waals surface area contributed by atoms with Crippen LogP contribution in [0.3, 0.4) is 0 Å². The second kappa shape index (κ2) is 6.71. The van der Waals surface area contributed by atoms with Crippen LogP contribution in [0.1, 0.15) is 11.1 Å². The van der Waals surface area contributed by atoms with Gasteiger partial charge in [-0.1, -0.05) is 43.0 Å². The summed E-state index contributed by atoms with van der Waals surface area (Å²) in [6.07, 6.45) is 1.82. The van der Waals surface area contributed by atoms with E-state index >= 15 is 0 Å². The highest BCUT2D eigenvalue weighted by molar-refractivity contribution is 5.64. The van der Waals surface area contributed by atoms with Crippen molar-refractivity contribution in [1.29, 1.82) is 0 Å². The van der Waals surface area contributed by atoms with Crippen LogP contribution < -0.4 is 10.1 Å². The summed E-state index contributed by atoms with van der Waals surface area (Å²) in [6, 6.07) is 14.1. The van der Waals surface area contributed by atoms with Crippen molar-refractivity contribution in [3.63, 3.8) is 0 Å². The topological polar surface area (TPSA) is 34.1 Å². The molecule has 2 aromatic rings. The Morgan fingerprint density at radius 3 is 2.63 bits per heavy atom. The summed E-state index contributed by atoms with van der Waals surface area (Å²) in [6.45, 7) is 5.61. The first-order valence-corrected chi connectivity index (χ1v) is 6.22. The normalized spacial score (nSPS) is 10.2. The van der Waals surface area contributed by atoms with E-state index in [0.717, 1.165) is 24.2 Å². The molecule has 0 aliphatic carbocycles. The van der Waals surface area contributed by atoms with Gasteiger partial charge in [0.15, 0.2) is 0 Å². The zero-order valence-electron chi connectivity index (χ0n) is 11.1. The Bertz CT molecular complexity index is 520. The van der Waals surface area contributed by atoms with Crippen molar-refractivity contribution in [2.75, 3.05) is 13.7 Å². The molecule has 2 rings (SSSR count). The van der Waals surface area contributed by atoms with Crippen LogP contribution >= 0.6 is 0 Å². The van der Waals surface area contributed by atoms with Crippen LogP contribution in [0.5, 0.6) is 5.88 Å². The predicted octanol–water partition coefficient (Wildman–Crippen LogP) is 2.89. The highest BCUT2D eigenvalue weighted by Crippen LogP contribution is 2.11. The Morgan fingerprint density at radius 2 is 2.00 bits per heavy atom. The number of rotatable bonds is 6. The Morgan fingerprint density at radius 1 is 1.21 bits per heavy atom. The lowest BCUT2D eigenvalue weighted by atomic mass is 10.1. The Balaban J connectivity index is 1.81. The highest BCUT2D eigenvalue weighted by atomic mass is 16.5. The molecule has 0 saturated heterocycles. The molecule has 0 spiro atoms. The summed E-state index contributed by atoms with van der Waals surface area (Å²) in [5.74, 6) is 0.637. The molecule has 0 radical (unpaired) electrons. The summed E-state index contributed by atoms with van der Waals surface area (Å²) in [4.78, 5) is 4.17. The minimum Gasteiger partial charge on any atom is -0.481 e. The average molecular weight is 254 g/mol. The lowest BCUT2D eigenvalue weighted by Gasteiger charge is -2.08. The molecule has 3 nitrogen and oxygen atoms in total. The predicted molar refractivity (Wildman–Crippen MR) is 78.0 cm³/mol. The van der Waals surface area contributed by atoms with Crippen LogP contribution in [0.4, 0.5) is 0 Å². The molecule has 0 atom stereocenters. The molecule has 0 amide bonds. The minimum absolute atomic E-state index is 0.637. The summed E-state index contributed by atoms with van der Waals surface area (Å²) in [7, 11) is 1.62. The van der Waals surface area contributed by atoms with Crippen LogP contribution in [0.2, 0.25) is 0 Å². The van der Waals surface area contributed by atoms with Crippen molar-refractivity contribution in [2.24, 2.45) is 0 Å². The fraction of sp³-hybridized carbons (Fsp3) is 0.188. The molecular formula is C16H18N2O. The maximum atomic E-state index is 5.02. The fourth-order valence-electron chi connectivity index (χ4n) is 1.77. The van der Waals surface area contributed by atoms with E-state index in [-0.39, 0.29) is 0 Å². The largest absolute Gasteiger partial charge is 0.481 e. The van der Waals surface area contributed by atoms with Gasteiger partial charge in [-0.15, -0.1) is 0 Å². The van der Waals surface area contributed by atoms with E-state index in [1.54, 1.807) is 7.11 Å². The number of aromatic nitrogens is 1. The third kappa shape index (κ3) is 3.93. The van der Waals surface area contributed by atoms with Gasteiger partial charge in [0.25, 0.3) is 0 Å². The second-order valence-electron chi connectivity index (χ2n) is 4.28. The third-order valence-corrected chi connectivity index (χ3v) is 2.86. The van der Waals surface area contributed by atoms with E-state index in [2.05, 4.69) is 29.0 Å². The van der Waals surface area contributed by atoms with Crippen LogP contribution in [0.15, 0.2) is 55.2 Å². The van der Waals surface area contributed by atoms with Gasteiger partial charge in [0.1, 0.15) is 0 Å². The van der Waals surface area contributed by atoms with E-state index in [1.165, 1.54) is 5.56 Å². The monoisotopic (exact) mass is 254 g/mol. The molecule has 0 bridgehead atoms. The van der Waals surface area contributed by atoms with Crippen molar-refractivity contribution in [3.05, 3.63) is 66.4 Å². The van der Waals surface area contributed by atoms with Gasteiger partial charge in [0, 0.05) is 25.4 Å². The van der Waals surface area contributed by atoms with Crippen LogP contribution in [0.25, 0.3) is 5.57 Å². The number of nitrogens with zero attached hydrogens (tertiary/aromatic N) is 1. The molecule has 0 fully saturated rings. The van der Waals surface area contributed by atoms with Gasteiger partial charge in [-0.2, -0.15) is 0 Å². The SMILES string of the molecule is C=C(CNCc1ccc(OC)nc1)c1ccccc1. The molecule has 1 N–H and O–H groups in total. The smallest absolute Gasteiger partial charge is 0.212 e. The highest BCUT2D eigenvalue weighted by Gasteiger charge is 1.99. The average Bonchev–Trinajstić information content (AvgIpc) is 2.49. The Labute approximate surface area is 114 Å². The number of benzene rings is 1. The van der Waals surface area contributed by atoms with Gasteiger partial charge in [-0.05, 0) is 16.7 Å². The Kier molecular flexibility index (Phi) is 4.70. The van der Waals surface area contributed by atoms with Crippen molar-refractivity contribution in [3.8, 4) is 5.88 Å². The molecule has 3 heteroatoms. The van der Waals surface area contributed by atoms with E-state index in [0.29, 0.717) is 5.88 Å². The summed E-state index contributed by atoms with van der Waals surface area (Å²) in [5.41, 5.74) is 3.38. The third-order valence-electron chi connectivity index (χ3n) is 2.86. The van der Waals surface area contributed by atoms with E-state index < -0.39 is 0 Å². The van der Waals surface area contributed by atoms with E-state index in [1.807, 2.05) is 36.5 Å². The molecule has 98 valence electrons. The summed E-state index contributed by atoms with van der Waals surface area (Å²) >= 11 is 0. The number of hydrogen-bond acceptors (Lipinski definition) is 3. The molecule has 1 heterocycles. The maximum absolute atomic E-state index is 5.02. The van der Waals surface area contributed by atoms with E-state index in [9.17, 15) is 0 Å². The molecule has 0 unspecified atom stereocenters. The molecular weight excluding hydrogens is 236 g/mol. The van der Waals surface area contributed by atoms with Gasteiger partial charge in [-0.25, -0.2) is 4.98 Å². The van der Waals surface area contributed by atoms with Crippen molar-refractivity contribution in [2.45, 2.75) is 6.54 Å². The first kappa shape index (κ1) is 13.3. The molecule has 0 saturated carbocycles. The number of nitrogens with one attached hydrogen (secondary N) is 1. The zero-order valence-corrected chi connectivity index (χ0v) is 11.1.